The molecule has 0 saturated carbocycles. The van der Waals surface area contributed by atoms with Gasteiger partial charge < -0.3 is 14.2 Å². The van der Waals surface area contributed by atoms with Gasteiger partial charge in [-0.05, 0) is 20.8 Å². The molecule has 0 atom stereocenters. The lowest BCUT2D eigenvalue weighted by Gasteiger charge is -2.30. The monoisotopic (exact) mass is 233 g/mol. The molecule has 0 fully saturated rings. The van der Waals surface area contributed by atoms with Crippen LogP contribution >= 0.6 is 0 Å². The number of amides is 1. The zero-order chi connectivity index (χ0) is 12.6. The van der Waals surface area contributed by atoms with Crippen molar-refractivity contribution in [3.8, 4) is 0 Å². The van der Waals surface area contributed by atoms with Crippen molar-refractivity contribution in [2.24, 2.45) is 0 Å². The third kappa shape index (κ3) is 4.16. The summed E-state index contributed by atoms with van der Waals surface area (Å²) in [7, 11) is 0. The lowest BCUT2D eigenvalue weighted by molar-refractivity contribution is -0.257. The second-order valence-corrected chi connectivity index (χ2v) is 2.88. The van der Waals surface area contributed by atoms with E-state index in [1.807, 2.05) is 0 Å². The first kappa shape index (κ1) is 14.9. The van der Waals surface area contributed by atoms with Gasteiger partial charge in [0.2, 0.25) is 5.91 Å². The molecule has 0 spiro atoms. The SMILES string of the molecule is CCOC(=O)C(NC(C)=O)(OCC)OCC. The van der Waals surface area contributed by atoms with Gasteiger partial charge in [0, 0.05) is 20.1 Å². The summed E-state index contributed by atoms with van der Waals surface area (Å²) in [5, 5.41) is 2.32. The van der Waals surface area contributed by atoms with Crippen LogP contribution in [0.3, 0.4) is 0 Å². The Labute approximate surface area is 95.2 Å². The molecule has 94 valence electrons. The van der Waals surface area contributed by atoms with E-state index in [4.69, 9.17) is 14.2 Å². The second-order valence-electron chi connectivity index (χ2n) is 2.88. The van der Waals surface area contributed by atoms with Gasteiger partial charge in [0.05, 0.1) is 6.61 Å². The first-order valence-electron chi connectivity index (χ1n) is 5.26. The van der Waals surface area contributed by atoms with Crippen molar-refractivity contribution in [3.05, 3.63) is 0 Å². The van der Waals surface area contributed by atoms with Crippen molar-refractivity contribution in [3.63, 3.8) is 0 Å². The molecule has 0 bridgehead atoms. The Kier molecular flexibility index (Phi) is 6.67. The van der Waals surface area contributed by atoms with E-state index in [1.54, 1.807) is 20.8 Å². The van der Waals surface area contributed by atoms with Gasteiger partial charge in [0.15, 0.2) is 0 Å². The molecule has 0 aliphatic rings. The van der Waals surface area contributed by atoms with Crippen LogP contribution in [0.15, 0.2) is 0 Å². The van der Waals surface area contributed by atoms with Gasteiger partial charge in [-0.25, -0.2) is 4.79 Å². The fourth-order valence-electron chi connectivity index (χ4n) is 1.15. The summed E-state index contributed by atoms with van der Waals surface area (Å²) in [4.78, 5) is 22.7. The van der Waals surface area contributed by atoms with E-state index in [9.17, 15) is 9.59 Å². The number of ether oxygens (including phenoxy) is 3. The van der Waals surface area contributed by atoms with E-state index in [0.29, 0.717) is 0 Å². The Morgan fingerprint density at radius 1 is 1.06 bits per heavy atom. The third-order valence-electron chi connectivity index (χ3n) is 1.58. The van der Waals surface area contributed by atoms with E-state index in [-0.39, 0.29) is 19.8 Å². The van der Waals surface area contributed by atoms with Crippen molar-refractivity contribution in [1.82, 2.24) is 5.32 Å². The van der Waals surface area contributed by atoms with E-state index in [1.165, 1.54) is 6.92 Å². The highest BCUT2D eigenvalue weighted by Gasteiger charge is 2.43. The molecule has 0 aliphatic heterocycles. The smallest absolute Gasteiger partial charge is 0.390 e. The molecule has 0 unspecified atom stereocenters. The summed E-state index contributed by atoms with van der Waals surface area (Å²) in [6.45, 7) is 6.91. The van der Waals surface area contributed by atoms with E-state index in [2.05, 4.69) is 5.32 Å². The van der Waals surface area contributed by atoms with Crippen LogP contribution in [0.2, 0.25) is 0 Å². The first-order chi connectivity index (χ1) is 7.52. The Morgan fingerprint density at radius 2 is 1.56 bits per heavy atom. The molecule has 0 aromatic carbocycles. The number of esters is 1. The lowest BCUT2D eigenvalue weighted by Crippen LogP contribution is -2.58. The van der Waals surface area contributed by atoms with Crippen molar-refractivity contribution < 1.29 is 23.8 Å². The molecule has 16 heavy (non-hydrogen) atoms. The quantitative estimate of drug-likeness (QED) is 0.509. The minimum atomic E-state index is -1.83. The summed E-state index contributed by atoms with van der Waals surface area (Å²) in [5.41, 5.74) is 0. The predicted octanol–water partition coefficient (Wildman–Crippen LogP) is 0.412. The molecule has 0 heterocycles. The zero-order valence-corrected chi connectivity index (χ0v) is 10.2. The molecular weight excluding hydrogens is 214 g/mol. The van der Waals surface area contributed by atoms with Crippen LogP contribution in [0, 0.1) is 0 Å². The Morgan fingerprint density at radius 3 is 1.88 bits per heavy atom. The maximum Gasteiger partial charge on any atom is 0.390 e. The average molecular weight is 233 g/mol. The van der Waals surface area contributed by atoms with Crippen molar-refractivity contribution in [1.29, 1.82) is 0 Å². The van der Waals surface area contributed by atoms with Gasteiger partial charge in [-0.3, -0.25) is 10.1 Å². The topological polar surface area (TPSA) is 73.9 Å². The van der Waals surface area contributed by atoms with Crippen molar-refractivity contribution in [2.75, 3.05) is 19.8 Å². The van der Waals surface area contributed by atoms with Gasteiger partial charge in [0.1, 0.15) is 0 Å². The Bertz CT molecular complexity index is 235. The van der Waals surface area contributed by atoms with Crippen LogP contribution in [0.5, 0.6) is 0 Å². The van der Waals surface area contributed by atoms with E-state index >= 15 is 0 Å². The molecule has 1 amide bonds. The van der Waals surface area contributed by atoms with Gasteiger partial charge in [-0.2, -0.15) is 0 Å². The molecule has 0 rings (SSSR count). The number of hydrogen-bond acceptors (Lipinski definition) is 5. The minimum absolute atomic E-state index is 0.181. The lowest BCUT2D eigenvalue weighted by atomic mass is 10.4. The molecule has 1 N–H and O–H groups in total. The maximum atomic E-state index is 11.7. The van der Waals surface area contributed by atoms with Gasteiger partial charge in [-0.1, -0.05) is 0 Å². The highest BCUT2D eigenvalue weighted by Crippen LogP contribution is 2.12. The molecule has 0 saturated heterocycles. The number of carbonyl (C=O) groups is 2. The summed E-state index contributed by atoms with van der Waals surface area (Å²) < 4.78 is 15.1. The largest absolute Gasteiger partial charge is 0.460 e. The van der Waals surface area contributed by atoms with Crippen LogP contribution in [0.1, 0.15) is 27.7 Å². The zero-order valence-electron chi connectivity index (χ0n) is 10.2. The number of nitrogens with one attached hydrogen (secondary N) is 1. The molecule has 0 aromatic rings. The van der Waals surface area contributed by atoms with Gasteiger partial charge in [-0.15, -0.1) is 0 Å². The molecule has 6 heteroatoms. The first-order valence-corrected chi connectivity index (χ1v) is 5.26. The second kappa shape index (κ2) is 7.19. The molecule has 6 nitrogen and oxygen atoms in total. The fourth-order valence-corrected chi connectivity index (χ4v) is 1.15. The fraction of sp³-hybridized carbons (Fsp3) is 0.800. The molecule has 0 aromatic heterocycles. The minimum Gasteiger partial charge on any atom is -0.460 e. The predicted molar refractivity (Wildman–Crippen MR) is 56.4 cm³/mol. The maximum absolute atomic E-state index is 11.7. The normalized spacial score (nSPS) is 11.0. The highest BCUT2D eigenvalue weighted by atomic mass is 16.7. The van der Waals surface area contributed by atoms with Gasteiger partial charge >= 0.3 is 11.9 Å². The summed E-state index contributed by atoms with van der Waals surface area (Å²) in [6.07, 6.45) is 0. The third-order valence-corrected chi connectivity index (χ3v) is 1.58. The molecular formula is C10H19NO5. The standard InChI is InChI=1S/C10H19NO5/c1-5-14-9(13)10(15-6-2,16-7-3)11-8(4)12/h5-7H2,1-4H3,(H,11,12). The Hall–Kier alpha value is -1.14. The summed E-state index contributed by atoms with van der Waals surface area (Å²) >= 11 is 0. The highest BCUT2D eigenvalue weighted by molar-refractivity contribution is 5.84. The molecule has 0 aliphatic carbocycles. The Balaban J connectivity index is 4.89. The number of rotatable bonds is 7. The van der Waals surface area contributed by atoms with Crippen LogP contribution in [-0.4, -0.2) is 37.6 Å². The molecule has 0 radical (unpaired) electrons. The van der Waals surface area contributed by atoms with Crippen LogP contribution in [0.4, 0.5) is 0 Å². The van der Waals surface area contributed by atoms with Crippen LogP contribution < -0.4 is 5.32 Å². The van der Waals surface area contributed by atoms with Crippen LogP contribution in [0.25, 0.3) is 0 Å². The van der Waals surface area contributed by atoms with E-state index in [0.717, 1.165) is 0 Å². The van der Waals surface area contributed by atoms with Crippen LogP contribution in [-0.2, 0) is 23.8 Å². The van der Waals surface area contributed by atoms with E-state index < -0.39 is 17.8 Å². The van der Waals surface area contributed by atoms with Crippen molar-refractivity contribution >= 4 is 11.9 Å². The van der Waals surface area contributed by atoms with Gasteiger partial charge in [0.25, 0.3) is 0 Å². The average Bonchev–Trinajstić information content (AvgIpc) is 2.17. The summed E-state index contributed by atoms with van der Waals surface area (Å²) in [5.74, 6) is -3.02. The number of hydrogen-bond donors (Lipinski definition) is 1. The number of carbonyl (C=O) groups excluding carboxylic acids is 2. The van der Waals surface area contributed by atoms with Crippen molar-refractivity contribution in [2.45, 2.75) is 33.6 Å². The summed E-state index contributed by atoms with van der Waals surface area (Å²) in [6, 6.07) is 0.